The minimum absolute atomic E-state index is 0.000177. The van der Waals surface area contributed by atoms with Crippen molar-refractivity contribution in [2.24, 2.45) is 0 Å². The Bertz CT molecular complexity index is 1060. The van der Waals surface area contributed by atoms with Gasteiger partial charge in [0.25, 0.3) is 0 Å². The first kappa shape index (κ1) is 18.0. The molecule has 1 aliphatic carbocycles. The molecular formula is C23H24ClFN2O. The van der Waals surface area contributed by atoms with Crippen molar-refractivity contribution in [2.45, 2.75) is 37.6 Å². The molecule has 1 N–H and O–H groups in total. The fourth-order valence-corrected chi connectivity index (χ4v) is 5.20. The molecule has 146 valence electrons. The highest BCUT2D eigenvalue weighted by atomic mass is 35.5. The lowest BCUT2D eigenvalue weighted by Crippen LogP contribution is -2.42. The number of aromatic nitrogens is 1. The smallest absolute Gasteiger partial charge is 0.132 e. The Labute approximate surface area is 169 Å². The zero-order chi connectivity index (χ0) is 19.5. The SMILES string of the molecule is CCCN1CC2(CC2)c2c([nH]c3cccc(F)c23)[C@@H]1c1ccc(Cl)cc1OC. The summed E-state index contributed by atoms with van der Waals surface area (Å²) in [4.78, 5) is 6.11. The molecule has 2 aliphatic rings. The van der Waals surface area contributed by atoms with E-state index in [4.69, 9.17) is 16.3 Å². The average molecular weight is 399 g/mol. The number of benzene rings is 2. The maximum atomic E-state index is 14.9. The van der Waals surface area contributed by atoms with Crippen LogP contribution in [0.15, 0.2) is 36.4 Å². The summed E-state index contributed by atoms with van der Waals surface area (Å²) in [7, 11) is 1.68. The van der Waals surface area contributed by atoms with E-state index in [1.807, 2.05) is 24.3 Å². The second kappa shape index (κ2) is 6.50. The standard InChI is InChI=1S/C23H24ClFN2O/c1-3-11-27-13-23(9-10-23)20-19-16(25)5-4-6-17(19)26-21(20)22(27)15-8-7-14(24)12-18(15)28-2/h4-8,12,22,26H,3,9-11,13H2,1-2H3/t22-/m0/s1. The molecule has 1 saturated carbocycles. The fourth-order valence-electron chi connectivity index (χ4n) is 5.04. The number of rotatable bonds is 4. The van der Waals surface area contributed by atoms with E-state index < -0.39 is 0 Å². The predicted octanol–water partition coefficient (Wildman–Crippen LogP) is 5.82. The van der Waals surface area contributed by atoms with Gasteiger partial charge in [-0.3, -0.25) is 4.90 Å². The Balaban J connectivity index is 1.79. The fraction of sp³-hybridized carbons (Fsp3) is 0.391. The molecule has 1 aliphatic heterocycles. The van der Waals surface area contributed by atoms with Crippen LogP contribution in [0.4, 0.5) is 4.39 Å². The van der Waals surface area contributed by atoms with Crippen LogP contribution in [0.5, 0.6) is 5.75 Å². The molecule has 5 rings (SSSR count). The van der Waals surface area contributed by atoms with Gasteiger partial charge in [0, 0.05) is 39.1 Å². The third-order valence-electron chi connectivity index (χ3n) is 6.33. The largest absolute Gasteiger partial charge is 0.496 e. The van der Waals surface area contributed by atoms with Crippen LogP contribution >= 0.6 is 11.6 Å². The van der Waals surface area contributed by atoms with Crippen LogP contribution in [0.25, 0.3) is 10.9 Å². The number of hydrogen-bond donors (Lipinski definition) is 1. The number of halogens is 2. The van der Waals surface area contributed by atoms with Gasteiger partial charge in [-0.15, -0.1) is 0 Å². The van der Waals surface area contributed by atoms with E-state index in [-0.39, 0.29) is 17.3 Å². The van der Waals surface area contributed by atoms with Gasteiger partial charge in [-0.25, -0.2) is 4.39 Å². The van der Waals surface area contributed by atoms with Crippen LogP contribution in [0.2, 0.25) is 5.02 Å². The van der Waals surface area contributed by atoms with Gasteiger partial charge in [-0.05, 0) is 55.6 Å². The first-order valence-electron chi connectivity index (χ1n) is 9.96. The number of hydrogen-bond acceptors (Lipinski definition) is 2. The molecule has 3 nitrogen and oxygen atoms in total. The van der Waals surface area contributed by atoms with Gasteiger partial charge < -0.3 is 9.72 Å². The summed E-state index contributed by atoms with van der Waals surface area (Å²) in [5.41, 5.74) is 4.31. The monoisotopic (exact) mass is 398 g/mol. The summed E-state index contributed by atoms with van der Waals surface area (Å²) >= 11 is 6.22. The van der Waals surface area contributed by atoms with E-state index >= 15 is 0 Å². The highest BCUT2D eigenvalue weighted by Crippen LogP contribution is 2.58. The Hall–Kier alpha value is -2.04. The maximum Gasteiger partial charge on any atom is 0.132 e. The second-order valence-corrected chi connectivity index (χ2v) is 8.55. The lowest BCUT2D eigenvalue weighted by atomic mass is 9.83. The van der Waals surface area contributed by atoms with Crippen LogP contribution < -0.4 is 4.74 Å². The van der Waals surface area contributed by atoms with Crippen molar-refractivity contribution >= 4 is 22.5 Å². The molecule has 28 heavy (non-hydrogen) atoms. The maximum absolute atomic E-state index is 14.9. The minimum Gasteiger partial charge on any atom is -0.496 e. The first-order chi connectivity index (χ1) is 13.6. The summed E-state index contributed by atoms with van der Waals surface area (Å²) in [6.45, 7) is 4.14. The zero-order valence-electron chi connectivity index (χ0n) is 16.2. The normalized spacial score (nSPS) is 20.5. The molecule has 1 fully saturated rings. The average Bonchev–Trinajstić information content (AvgIpc) is 3.32. The Morgan fingerprint density at radius 3 is 2.82 bits per heavy atom. The van der Waals surface area contributed by atoms with E-state index in [1.165, 1.54) is 5.56 Å². The molecule has 5 heteroatoms. The molecule has 3 aromatic rings. The van der Waals surface area contributed by atoms with Crippen molar-refractivity contribution in [3.63, 3.8) is 0 Å². The summed E-state index contributed by atoms with van der Waals surface area (Å²) < 4.78 is 20.6. The Morgan fingerprint density at radius 1 is 1.29 bits per heavy atom. The number of aromatic amines is 1. The van der Waals surface area contributed by atoms with Gasteiger partial charge >= 0.3 is 0 Å². The topological polar surface area (TPSA) is 28.3 Å². The van der Waals surface area contributed by atoms with Gasteiger partial charge in [0.1, 0.15) is 11.6 Å². The van der Waals surface area contributed by atoms with E-state index in [0.29, 0.717) is 5.02 Å². The van der Waals surface area contributed by atoms with Crippen LogP contribution in [-0.4, -0.2) is 30.1 Å². The van der Waals surface area contributed by atoms with Crippen molar-refractivity contribution in [3.8, 4) is 5.75 Å². The number of H-pyrrole nitrogens is 1. The molecule has 2 aromatic carbocycles. The van der Waals surface area contributed by atoms with E-state index in [9.17, 15) is 4.39 Å². The van der Waals surface area contributed by atoms with Crippen LogP contribution in [0.3, 0.4) is 0 Å². The lowest BCUT2D eigenvalue weighted by molar-refractivity contribution is 0.180. The number of nitrogens with one attached hydrogen (secondary N) is 1. The Kier molecular flexibility index (Phi) is 4.18. The summed E-state index contributed by atoms with van der Waals surface area (Å²) in [5.74, 6) is 0.641. The molecule has 1 spiro atoms. The van der Waals surface area contributed by atoms with Gasteiger partial charge in [-0.2, -0.15) is 0 Å². The zero-order valence-corrected chi connectivity index (χ0v) is 16.9. The highest BCUT2D eigenvalue weighted by molar-refractivity contribution is 6.30. The molecule has 1 atom stereocenters. The summed E-state index contributed by atoms with van der Waals surface area (Å²) in [5, 5.41) is 1.42. The van der Waals surface area contributed by atoms with E-state index in [1.54, 1.807) is 19.2 Å². The molecular weight excluding hydrogens is 375 g/mol. The van der Waals surface area contributed by atoms with Crippen molar-refractivity contribution in [2.75, 3.05) is 20.2 Å². The molecule has 0 saturated heterocycles. The molecule has 0 unspecified atom stereocenters. The molecule has 0 radical (unpaired) electrons. The van der Waals surface area contributed by atoms with Crippen molar-refractivity contribution in [1.29, 1.82) is 0 Å². The number of nitrogens with zero attached hydrogens (tertiary/aromatic N) is 1. The summed E-state index contributed by atoms with van der Waals surface area (Å²) in [6, 6.07) is 11.2. The number of methoxy groups -OCH3 is 1. The third-order valence-corrected chi connectivity index (χ3v) is 6.57. The summed E-state index contributed by atoms with van der Waals surface area (Å²) in [6.07, 6.45) is 3.30. The van der Waals surface area contributed by atoms with Crippen LogP contribution in [0.1, 0.15) is 49.0 Å². The van der Waals surface area contributed by atoms with Gasteiger partial charge in [0.05, 0.1) is 13.2 Å². The Morgan fingerprint density at radius 2 is 2.11 bits per heavy atom. The van der Waals surface area contributed by atoms with E-state index in [2.05, 4.69) is 16.8 Å². The van der Waals surface area contributed by atoms with Crippen LogP contribution in [0, 0.1) is 5.82 Å². The number of ether oxygens (including phenoxy) is 1. The molecule has 1 aromatic heterocycles. The van der Waals surface area contributed by atoms with Crippen molar-refractivity contribution < 1.29 is 9.13 Å². The van der Waals surface area contributed by atoms with Gasteiger partial charge in [-0.1, -0.05) is 30.7 Å². The van der Waals surface area contributed by atoms with Crippen LogP contribution in [-0.2, 0) is 5.41 Å². The third kappa shape index (κ3) is 2.58. The highest BCUT2D eigenvalue weighted by Gasteiger charge is 2.54. The first-order valence-corrected chi connectivity index (χ1v) is 10.3. The van der Waals surface area contributed by atoms with Gasteiger partial charge in [0.15, 0.2) is 0 Å². The van der Waals surface area contributed by atoms with Gasteiger partial charge in [0.2, 0.25) is 0 Å². The molecule has 0 bridgehead atoms. The molecule has 0 amide bonds. The number of fused-ring (bicyclic) bond motifs is 4. The minimum atomic E-state index is -0.132. The second-order valence-electron chi connectivity index (χ2n) is 8.12. The lowest BCUT2D eigenvalue weighted by Gasteiger charge is -2.41. The van der Waals surface area contributed by atoms with Crippen molar-refractivity contribution in [3.05, 3.63) is 64.1 Å². The molecule has 2 heterocycles. The van der Waals surface area contributed by atoms with Crippen molar-refractivity contribution in [1.82, 2.24) is 9.88 Å². The predicted molar refractivity (Wildman–Crippen MR) is 111 cm³/mol. The quantitative estimate of drug-likeness (QED) is 0.600. The van der Waals surface area contributed by atoms with E-state index in [0.717, 1.165) is 60.3 Å².